The lowest BCUT2D eigenvalue weighted by Gasteiger charge is -2.35. The van der Waals surface area contributed by atoms with E-state index in [4.69, 9.17) is 35.8 Å². The van der Waals surface area contributed by atoms with Crippen LogP contribution in [0.1, 0.15) is 92.4 Å². The van der Waals surface area contributed by atoms with Crippen molar-refractivity contribution in [1.29, 1.82) is 10.8 Å². The van der Waals surface area contributed by atoms with Crippen LogP contribution in [0.5, 0.6) is 23.0 Å². The van der Waals surface area contributed by atoms with Crippen molar-refractivity contribution < 1.29 is 38.8 Å². The Bertz CT molecular complexity index is 2980. The standard InChI is InChI=1S/C57H77N15O8S2/c1-7-61-53(76)50(59)72(49(58)43-32-42(37(2)3)44(73)33-45(43)74)40-12-10-38(11-13-40)36-69-23-21-67(22-24-69)18-8-16-57(4,5)82-81-31-30-80-56(77)70-27-25-68(26-28-70)19-9-29-79-46-15-14-41-47(48(46)78-6)65-55(71-20-17-62-51(41)71)66-52(75)39-34-63-54(60)64-35-39/h10-15,32-35,37,58-59,73-74H,7-9,16-31,36H2,1-6H3,(H,61,76)(H2,60,63,64)(H,65,66,75). The molecule has 0 bridgehead atoms. The van der Waals surface area contributed by atoms with E-state index in [1.165, 1.54) is 29.4 Å². The number of piperazine rings is 2. The van der Waals surface area contributed by atoms with Crippen molar-refractivity contribution in [1.82, 2.24) is 45.1 Å². The summed E-state index contributed by atoms with van der Waals surface area (Å²) in [7, 11) is 5.16. The molecule has 4 aromatic rings. The minimum Gasteiger partial charge on any atom is -0.508 e. The second kappa shape index (κ2) is 28.2. The SMILES string of the molecule is CCNC(=O)C(=N)N(C(=N)c1cc(C(C)C)c(O)cc1O)c1ccc(CN2CCN(CCCC(C)(C)SSCCOC(=O)N3CCN(CCCOc4ccc5c(c4OC)N=C(NC(=O)c4cnc(N)nc4)N4CCN=C54)CC3)CC2)cc1. The third-order valence-electron chi connectivity index (χ3n) is 14.5. The lowest BCUT2D eigenvalue weighted by molar-refractivity contribution is -0.114. The van der Waals surface area contributed by atoms with Gasteiger partial charge in [-0.15, -0.1) is 0 Å². The van der Waals surface area contributed by atoms with E-state index in [0.717, 1.165) is 89.3 Å². The number of aromatic hydroxyl groups is 2. The van der Waals surface area contributed by atoms with Crippen LogP contribution in [-0.4, -0.2) is 202 Å². The molecule has 0 spiro atoms. The van der Waals surface area contributed by atoms with Crippen LogP contribution in [0.4, 0.5) is 22.1 Å². The highest BCUT2D eigenvalue weighted by atomic mass is 33.1. The van der Waals surface area contributed by atoms with Crippen molar-refractivity contribution in [2.24, 2.45) is 9.98 Å². The maximum Gasteiger partial charge on any atom is 0.409 e. The van der Waals surface area contributed by atoms with E-state index >= 15 is 0 Å². The fourth-order valence-electron chi connectivity index (χ4n) is 10.0. The summed E-state index contributed by atoms with van der Waals surface area (Å²) in [6.07, 6.45) is 5.35. The van der Waals surface area contributed by atoms with Gasteiger partial charge in [0.15, 0.2) is 17.3 Å². The van der Waals surface area contributed by atoms with Crippen LogP contribution in [0, 0.1) is 10.8 Å². The van der Waals surface area contributed by atoms with Crippen molar-refractivity contribution in [2.45, 2.75) is 71.1 Å². The Hall–Kier alpha value is -7.19. The summed E-state index contributed by atoms with van der Waals surface area (Å²) >= 11 is 0. The van der Waals surface area contributed by atoms with Gasteiger partial charge < -0.3 is 45.3 Å². The molecule has 8 N–H and O–H groups in total. The zero-order valence-electron chi connectivity index (χ0n) is 47.7. The van der Waals surface area contributed by atoms with Crippen LogP contribution >= 0.6 is 21.6 Å². The Labute approximate surface area is 487 Å². The van der Waals surface area contributed by atoms with E-state index < -0.39 is 17.6 Å². The summed E-state index contributed by atoms with van der Waals surface area (Å²) in [5.74, 6) is 0.504. The number of rotatable bonds is 22. The predicted octanol–water partition coefficient (Wildman–Crippen LogP) is 6.32. The van der Waals surface area contributed by atoms with Gasteiger partial charge in [-0.2, -0.15) is 0 Å². The van der Waals surface area contributed by atoms with E-state index in [1.54, 1.807) is 41.9 Å². The number of nitrogens with two attached hydrogens (primary N) is 1. The first-order valence-electron chi connectivity index (χ1n) is 27.9. The maximum atomic E-state index is 13.1. The minimum absolute atomic E-state index is 0.0626. The van der Waals surface area contributed by atoms with Gasteiger partial charge in [-0.05, 0) is 94.0 Å². The van der Waals surface area contributed by atoms with Crippen LogP contribution < -0.4 is 30.7 Å². The van der Waals surface area contributed by atoms with Crippen LogP contribution in [-0.2, 0) is 16.1 Å². The van der Waals surface area contributed by atoms with Gasteiger partial charge in [0, 0.05) is 119 Å². The van der Waals surface area contributed by atoms with Gasteiger partial charge >= 0.3 is 6.09 Å². The number of phenolic OH excluding ortho intramolecular Hbond substituents is 2. The van der Waals surface area contributed by atoms with Crippen molar-refractivity contribution in [3.8, 4) is 23.0 Å². The molecule has 0 saturated carbocycles. The average Bonchev–Trinajstić information content (AvgIpc) is 3.17. The smallest absolute Gasteiger partial charge is 0.409 e. The zero-order chi connectivity index (χ0) is 58.5. The monoisotopic (exact) mass is 1160 g/mol. The number of aromatic nitrogens is 2. The van der Waals surface area contributed by atoms with Crippen LogP contribution in [0.3, 0.4) is 0 Å². The molecule has 8 rings (SSSR count). The molecule has 0 aliphatic carbocycles. The van der Waals surface area contributed by atoms with E-state index in [-0.39, 0.29) is 51.2 Å². The van der Waals surface area contributed by atoms with Crippen LogP contribution in [0.25, 0.3) is 0 Å². The van der Waals surface area contributed by atoms with Gasteiger partial charge in [-0.1, -0.05) is 47.6 Å². The topological polar surface area (TPSA) is 287 Å². The number of carbonyl (C=O) groups excluding carboxylic acids is 3. The molecule has 0 atom stereocenters. The number of nitrogen functional groups attached to an aromatic ring is 1. The first-order chi connectivity index (χ1) is 39.4. The van der Waals surface area contributed by atoms with Crippen LogP contribution in [0.2, 0.25) is 0 Å². The fourth-order valence-corrected chi connectivity index (χ4v) is 12.5. The molecular weight excluding hydrogens is 1090 g/mol. The van der Waals surface area contributed by atoms with Crippen LogP contribution in [0.15, 0.2) is 70.9 Å². The molecule has 25 heteroatoms. The van der Waals surface area contributed by atoms with Crippen molar-refractivity contribution >= 4 is 80.3 Å². The van der Waals surface area contributed by atoms with Crippen molar-refractivity contribution in [3.63, 3.8) is 0 Å². The number of hydrogen-bond donors (Lipinski definition) is 7. The number of amides is 3. The minimum atomic E-state index is -0.649. The van der Waals surface area contributed by atoms with E-state index in [1.807, 2.05) is 53.8 Å². The van der Waals surface area contributed by atoms with E-state index in [0.29, 0.717) is 91.9 Å². The lowest BCUT2D eigenvalue weighted by atomic mass is 9.98. The highest BCUT2D eigenvalue weighted by Crippen LogP contribution is 2.44. The number of fused-ring (bicyclic) bond motifs is 3. The summed E-state index contributed by atoms with van der Waals surface area (Å²) in [6, 6.07) is 14.0. The molecular formula is C57H77N15O8S2. The number of aliphatic imine (C=N–C) groups is 2. The third-order valence-corrected chi connectivity index (χ3v) is 17.9. The Kier molecular flexibility index (Phi) is 20.9. The number of benzene rings is 3. The Morgan fingerprint density at radius 2 is 1.56 bits per heavy atom. The maximum absolute atomic E-state index is 13.1. The largest absolute Gasteiger partial charge is 0.508 e. The quantitative estimate of drug-likeness (QED) is 0.0196. The second-order valence-electron chi connectivity index (χ2n) is 21.2. The van der Waals surface area contributed by atoms with Crippen molar-refractivity contribution in [3.05, 3.63) is 88.7 Å². The molecule has 23 nitrogen and oxygen atoms in total. The molecule has 440 valence electrons. The van der Waals surface area contributed by atoms with Gasteiger partial charge in [0.2, 0.25) is 11.9 Å². The summed E-state index contributed by atoms with van der Waals surface area (Å²) in [5, 5.41) is 44.5. The van der Waals surface area contributed by atoms with E-state index in [9.17, 15) is 24.6 Å². The summed E-state index contributed by atoms with van der Waals surface area (Å²) < 4.78 is 17.8. The molecule has 1 aromatic heterocycles. The van der Waals surface area contributed by atoms with Gasteiger partial charge in [-0.25, -0.2) is 19.8 Å². The molecule has 4 aliphatic rings. The molecule has 0 radical (unpaired) electrons. The first kappa shape index (κ1) is 60.9. The summed E-state index contributed by atoms with van der Waals surface area (Å²) in [4.78, 5) is 68.4. The molecule has 0 unspecified atom stereocenters. The molecule has 2 saturated heterocycles. The Morgan fingerprint density at radius 1 is 0.878 bits per heavy atom. The number of anilines is 2. The number of likely N-dealkylation sites (N-methyl/N-ethyl adjacent to an activating group) is 1. The van der Waals surface area contributed by atoms with E-state index in [2.05, 4.69) is 54.1 Å². The van der Waals surface area contributed by atoms with Gasteiger partial charge in [0.1, 0.15) is 35.5 Å². The number of methoxy groups -OCH3 is 1. The van der Waals surface area contributed by atoms with Gasteiger partial charge in [0.25, 0.3) is 11.8 Å². The molecule has 3 amide bonds. The zero-order valence-corrected chi connectivity index (χ0v) is 49.3. The number of nitrogens with one attached hydrogen (secondary N) is 4. The predicted molar refractivity (Wildman–Crippen MR) is 323 cm³/mol. The normalized spacial score (nSPS) is 15.7. The fraction of sp³-hybridized carbons (Fsp3) is 0.491. The number of guanidine groups is 1. The Balaban J connectivity index is 0.689. The molecule has 2 fully saturated rings. The van der Waals surface area contributed by atoms with Gasteiger partial charge in [-0.3, -0.25) is 50.3 Å². The van der Waals surface area contributed by atoms with Crippen molar-refractivity contribution in [2.75, 3.05) is 122 Å². The number of hydrogen-bond acceptors (Lipinski definition) is 21. The first-order valence-corrected chi connectivity index (χ1v) is 30.2. The highest BCUT2D eigenvalue weighted by molar-refractivity contribution is 8.77. The number of phenols is 2. The molecule has 3 aromatic carbocycles. The summed E-state index contributed by atoms with van der Waals surface area (Å²) in [6.45, 7) is 21.3. The van der Waals surface area contributed by atoms with Gasteiger partial charge in [0.05, 0.1) is 31.4 Å². The Morgan fingerprint density at radius 3 is 2.24 bits per heavy atom. The number of nitrogens with zero attached hydrogens (tertiary/aromatic N) is 10. The molecule has 4 aliphatic heterocycles. The number of carbonyl (C=O) groups is 3. The average molecular weight is 1160 g/mol. The third kappa shape index (κ3) is 15.5. The highest BCUT2D eigenvalue weighted by Gasteiger charge is 2.34. The molecule has 82 heavy (non-hydrogen) atoms. The molecule has 5 heterocycles. The lowest BCUT2D eigenvalue weighted by Crippen LogP contribution is -2.49. The summed E-state index contributed by atoms with van der Waals surface area (Å²) in [5.41, 5.74) is 9.29. The number of amidine groups is 3. The second-order valence-corrected chi connectivity index (χ2v) is 24.4. The number of ether oxygens (including phenoxy) is 3.